The lowest BCUT2D eigenvalue weighted by molar-refractivity contribution is 0.102. The zero-order valence-electron chi connectivity index (χ0n) is 12.2. The topological polar surface area (TPSA) is 64.4 Å². The zero-order chi connectivity index (χ0) is 16.2. The highest BCUT2D eigenvalue weighted by atomic mass is 35.5. The Labute approximate surface area is 137 Å². The van der Waals surface area contributed by atoms with Crippen molar-refractivity contribution in [3.63, 3.8) is 0 Å². The second kappa shape index (κ2) is 6.54. The molecule has 0 aliphatic rings. The predicted octanol–water partition coefficient (Wildman–Crippen LogP) is 4.26. The van der Waals surface area contributed by atoms with E-state index in [1.807, 2.05) is 18.2 Å². The Balaban J connectivity index is 1.76. The molecule has 1 aromatic heterocycles. The van der Waals surface area contributed by atoms with E-state index in [1.54, 1.807) is 43.5 Å². The van der Waals surface area contributed by atoms with E-state index in [1.165, 1.54) is 0 Å². The fourth-order valence-electron chi connectivity index (χ4n) is 2.06. The van der Waals surface area contributed by atoms with Crippen molar-refractivity contribution in [3.8, 4) is 17.0 Å². The highest BCUT2D eigenvalue weighted by Gasteiger charge is 2.13. The lowest BCUT2D eigenvalue weighted by Gasteiger charge is -2.02. The summed E-state index contributed by atoms with van der Waals surface area (Å²) in [7, 11) is 1.57. The number of methoxy groups -OCH3 is 1. The Kier molecular flexibility index (Phi) is 4.30. The van der Waals surface area contributed by atoms with Gasteiger partial charge in [0.15, 0.2) is 0 Å². The van der Waals surface area contributed by atoms with E-state index in [4.69, 9.17) is 20.9 Å². The first-order valence-electron chi connectivity index (χ1n) is 6.84. The second-order valence-electron chi connectivity index (χ2n) is 4.74. The largest absolute Gasteiger partial charge is 0.497 e. The molecule has 3 rings (SSSR count). The van der Waals surface area contributed by atoms with Crippen LogP contribution >= 0.6 is 11.6 Å². The van der Waals surface area contributed by atoms with Gasteiger partial charge < -0.3 is 9.26 Å². The quantitative estimate of drug-likeness (QED) is 0.777. The van der Waals surface area contributed by atoms with Crippen molar-refractivity contribution >= 4 is 23.4 Å². The van der Waals surface area contributed by atoms with Gasteiger partial charge in [-0.3, -0.25) is 10.1 Å². The summed E-state index contributed by atoms with van der Waals surface area (Å²) in [6, 6.07) is 15.7. The molecule has 23 heavy (non-hydrogen) atoms. The van der Waals surface area contributed by atoms with E-state index >= 15 is 0 Å². The third kappa shape index (κ3) is 3.35. The van der Waals surface area contributed by atoms with Crippen LogP contribution in [-0.2, 0) is 0 Å². The first kappa shape index (κ1) is 15.1. The number of carbonyl (C=O) groups excluding carboxylic acids is 1. The van der Waals surface area contributed by atoms with Crippen LogP contribution in [0.4, 0.5) is 5.88 Å². The summed E-state index contributed by atoms with van der Waals surface area (Å²) in [5.41, 5.74) is 1.78. The number of hydrogen-bond donors (Lipinski definition) is 1. The molecule has 3 aromatic rings. The van der Waals surface area contributed by atoms with E-state index in [2.05, 4.69) is 10.5 Å². The molecule has 1 heterocycles. The second-order valence-corrected chi connectivity index (χ2v) is 5.15. The van der Waals surface area contributed by atoms with Crippen molar-refractivity contribution in [2.24, 2.45) is 0 Å². The van der Waals surface area contributed by atoms with E-state index in [0.29, 0.717) is 22.0 Å². The SMILES string of the molecule is COc1ccc(C(=O)Nc2cc(-c3ccccc3Cl)no2)cc1. The minimum atomic E-state index is -0.297. The molecule has 0 atom stereocenters. The number of amides is 1. The number of rotatable bonds is 4. The summed E-state index contributed by atoms with van der Waals surface area (Å²) in [6.45, 7) is 0. The molecule has 0 fully saturated rings. The van der Waals surface area contributed by atoms with Crippen molar-refractivity contribution in [1.82, 2.24) is 5.16 Å². The smallest absolute Gasteiger partial charge is 0.258 e. The molecule has 6 heteroatoms. The molecule has 2 aromatic carbocycles. The molecule has 0 aliphatic heterocycles. The molecule has 0 aliphatic carbocycles. The summed E-state index contributed by atoms with van der Waals surface area (Å²) in [6.07, 6.45) is 0. The van der Waals surface area contributed by atoms with Gasteiger partial charge in [-0.1, -0.05) is 35.0 Å². The first-order chi connectivity index (χ1) is 11.2. The van der Waals surface area contributed by atoms with E-state index < -0.39 is 0 Å². The van der Waals surface area contributed by atoms with Crippen molar-refractivity contribution in [2.45, 2.75) is 0 Å². The van der Waals surface area contributed by atoms with Crippen LogP contribution in [0, 0.1) is 0 Å². The Morgan fingerprint density at radius 1 is 1.17 bits per heavy atom. The fraction of sp³-hybridized carbons (Fsp3) is 0.0588. The fourth-order valence-corrected chi connectivity index (χ4v) is 2.29. The number of carbonyl (C=O) groups is 1. The number of halogens is 1. The normalized spacial score (nSPS) is 10.3. The Morgan fingerprint density at radius 2 is 1.91 bits per heavy atom. The monoisotopic (exact) mass is 328 g/mol. The minimum absolute atomic E-state index is 0.251. The van der Waals surface area contributed by atoms with Crippen molar-refractivity contribution in [2.75, 3.05) is 12.4 Å². The maximum absolute atomic E-state index is 12.2. The van der Waals surface area contributed by atoms with Crippen LogP contribution in [0.2, 0.25) is 5.02 Å². The molecular formula is C17H13ClN2O3. The lowest BCUT2D eigenvalue weighted by atomic mass is 10.1. The van der Waals surface area contributed by atoms with E-state index in [9.17, 15) is 4.79 Å². The maximum atomic E-state index is 12.2. The number of aromatic nitrogens is 1. The molecule has 1 N–H and O–H groups in total. The lowest BCUT2D eigenvalue weighted by Crippen LogP contribution is -2.11. The number of benzene rings is 2. The van der Waals surface area contributed by atoms with Gasteiger partial charge >= 0.3 is 0 Å². The van der Waals surface area contributed by atoms with Crippen LogP contribution in [0.1, 0.15) is 10.4 Å². The van der Waals surface area contributed by atoms with Gasteiger partial charge in [0.1, 0.15) is 11.4 Å². The summed E-state index contributed by atoms with van der Waals surface area (Å²) in [5.74, 6) is 0.637. The summed E-state index contributed by atoms with van der Waals surface area (Å²) in [4.78, 5) is 12.2. The van der Waals surface area contributed by atoms with Gasteiger partial charge in [-0.2, -0.15) is 0 Å². The molecular weight excluding hydrogens is 316 g/mol. The average Bonchev–Trinajstić information content (AvgIpc) is 3.03. The van der Waals surface area contributed by atoms with Crippen LogP contribution in [0.5, 0.6) is 5.75 Å². The minimum Gasteiger partial charge on any atom is -0.497 e. The zero-order valence-corrected chi connectivity index (χ0v) is 13.0. The van der Waals surface area contributed by atoms with Gasteiger partial charge in [0.25, 0.3) is 5.91 Å². The Hall–Kier alpha value is -2.79. The van der Waals surface area contributed by atoms with Crippen LogP contribution in [0.25, 0.3) is 11.3 Å². The van der Waals surface area contributed by atoms with Crippen LogP contribution in [-0.4, -0.2) is 18.2 Å². The van der Waals surface area contributed by atoms with Gasteiger partial charge in [-0.05, 0) is 30.3 Å². The van der Waals surface area contributed by atoms with Crippen molar-refractivity contribution < 1.29 is 14.1 Å². The maximum Gasteiger partial charge on any atom is 0.258 e. The van der Waals surface area contributed by atoms with Gasteiger partial charge in [-0.25, -0.2) is 0 Å². The highest BCUT2D eigenvalue weighted by Crippen LogP contribution is 2.28. The van der Waals surface area contributed by atoms with Crippen LogP contribution in [0.3, 0.4) is 0 Å². The average molecular weight is 329 g/mol. The van der Waals surface area contributed by atoms with Crippen LogP contribution in [0.15, 0.2) is 59.1 Å². The molecule has 0 radical (unpaired) electrons. The summed E-state index contributed by atoms with van der Waals surface area (Å²) in [5, 5.41) is 7.14. The number of nitrogens with zero attached hydrogens (tertiary/aromatic N) is 1. The molecule has 0 saturated heterocycles. The number of anilines is 1. The Bertz CT molecular complexity index is 828. The first-order valence-corrected chi connectivity index (χ1v) is 7.22. The highest BCUT2D eigenvalue weighted by molar-refractivity contribution is 6.33. The summed E-state index contributed by atoms with van der Waals surface area (Å²) < 4.78 is 10.2. The van der Waals surface area contributed by atoms with Crippen molar-refractivity contribution in [1.29, 1.82) is 0 Å². The van der Waals surface area contributed by atoms with E-state index in [0.717, 1.165) is 5.56 Å². The Morgan fingerprint density at radius 3 is 2.61 bits per heavy atom. The van der Waals surface area contributed by atoms with Gasteiger partial charge in [-0.15, -0.1) is 0 Å². The molecule has 0 bridgehead atoms. The van der Waals surface area contributed by atoms with E-state index in [-0.39, 0.29) is 11.8 Å². The van der Waals surface area contributed by atoms with Gasteiger partial charge in [0.05, 0.1) is 12.1 Å². The molecule has 0 saturated carbocycles. The summed E-state index contributed by atoms with van der Waals surface area (Å²) >= 11 is 6.12. The number of hydrogen-bond acceptors (Lipinski definition) is 4. The molecule has 0 spiro atoms. The third-order valence-electron chi connectivity index (χ3n) is 3.25. The molecule has 5 nitrogen and oxygen atoms in total. The third-order valence-corrected chi connectivity index (χ3v) is 3.58. The number of nitrogens with one attached hydrogen (secondary N) is 1. The van der Waals surface area contributed by atoms with Gasteiger partial charge in [0, 0.05) is 17.2 Å². The predicted molar refractivity (Wildman–Crippen MR) is 87.9 cm³/mol. The standard InChI is InChI=1S/C17H13ClN2O3/c1-22-12-8-6-11(7-9-12)17(21)19-16-10-15(20-23-16)13-4-2-3-5-14(13)18/h2-10H,1H3,(H,19,21). The van der Waals surface area contributed by atoms with Crippen molar-refractivity contribution in [3.05, 3.63) is 65.2 Å². The number of ether oxygens (including phenoxy) is 1. The molecule has 116 valence electrons. The van der Waals surface area contributed by atoms with Gasteiger partial charge in [0.2, 0.25) is 5.88 Å². The van der Waals surface area contributed by atoms with Crippen LogP contribution < -0.4 is 10.1 Å². The molecule has 1 amide bonds. The molecule has 0 unspecified atom stereocenters.